The molecule has 0 aliphatic rings. The average molecular weight is 569 g/mol. The Labute approximate surface area is 236 Å². The first-order valence-electron chi connectivity index (χ1n) is 12.5. The molecular weight excluding hydrogens is 536 g/mol. The Kier molecular flexibility index (Phi) is 11.1. The van der Waals surface area contributed by atoms with E-state index in [9.17, 15) is 29.4 Å². The third-order valence-corrected chi connectivity index (χ3v) is 6.45. The summed E-state index contributed by atoms with van der Waals surface area (Å²) < 4.78 is 0. The summed E-state index contributed by atoms with van der Waals surface area (Å²) in [7, 11) is 0. The van der Waals surface area contributed by atoms with Crippen LogP contribution in [0.3, 0.4) is 0 Å². The molecule has 4 unspecified atom stereocenters. The zero-order valence-electron chi connectivity index (χ0n) is 21.5. The Hall–Kier alpha value is -4.36. The number of hydrogen-bond acceptors (Lipinski definition) is 8. The number of aromatic nitrogens is 2. The number of carboxylic acids is 1. The lowest BCUT2D eigenvalue weighted by atomic mass is 10.0. The van der Waals surface area contributed by atoms with E-state index in [1.165, 1.54) is 24.7 Å². The standard InChI is InChI=1S/C27H32N6O6S/c28-20(14-40)24(35)31-21(10-17-6-8-19(34)9-7-17)25(36)32-22(12-18-13-29-15-30-18)26(37)33-23(27(38)39)11-16-4-2-1-3-5-16/h1-9,13,15,20-23,34,40H,10-12,14,28H2,(H,29,30)(H,31,35)(H,32,36)(H,33,37)(H,38,39). The van der Waals surface area contributed by atoms with Crippen LogP contribution in [0, 0.1) is 0 Å². The third-order valence-electron chi connectivity index (χ3n) is 6.05. The van der Waals surface area contributed by atoms with Crippen LogP contribution >= 0.6 is 12.6 Å². The van der Waals surface area contributed by atoms with Gasteiger partial charge in [-0.2, -0.15) is 12.6 Å². The van der Waals surface area contributed by atoms with Gasteiger partial charge in [0.05, 0.1) is 12.4 Å². The van der Waals surface area contributed by atoms with E-state index in [0.29, 0.717) is 16.8 Å². The van der Waals surface area contributed by atoms with E-state index in [1.807, 2.05) is 0 Å². The predicted molar refractivity (Wildman–Crippen MR) is 150 cm³/mol. The van der Waals surface area contributed by atoms with Crippen molar-refractivity contribution in [1.82, 2.24) is 25.9 Å². The van der Waals surface area contributed by atoms with Crippen molar-refractivity contribution in [2.75, 3.05) is 5.75 Å². The van der Waals surface area contributed by atoms with Gasteiger partial charge in [-0.15, -0.1) is 0 Å². The number of benzene rings is 2. The van der Waals surface area contributed by atoms with E-state index in [-0.39, 0.29) is 30.8 Å². The molecule has 0 saturated carbocycles. The first kappa shape index (κ1) is 30.2. The molecule has 13 heteroatoms. The highest BCUT2D eigenvalue weighted by Crippen LogP contribution is 2.12. The maximum atomic E-state index is 13.5. The Balaban J connectivity index is 1.81. The molecule has 1 heterocycles. The highest BCUT2D eigenvalue weighted by molar-refractivity contribution is 7.80. The Morgan fingerprint density at radius 2 is 1.38 bits per heavy atom. The molecular formula is C27H32N6O6S. The van der Waals surface area contributed by atoms with Gasteiger partial charge in [-0.25, -0.2) is 9.78 Å². The number of aliphatic carboxylic acids is 1. The molecule has 0 radical (unpaired) electrons. The molecule has 0 saturated heterocycles. The van der Waals surface area contributed by atoms with E-state index in [4.69, 9.17) is 5.73 Å². The van der Waals surface area contributed by atoms with Gasteiger partial charge >= 0.3 is 5.97 Å². The molecule has 0 spiro atoms. The van der Waals surface area contributed by atoms with Crippen LogP contribution in [0.15, 0.2) is 67.1 Å². The largest absolute Gasteiger partial charge is 0.508 e. The molecule has 40 heavy (non-hydrogen) atoms. The molecule has 3 rings (SSSR count). The van der Waals surface area contributed by atoms with Crippen molar-refractivity contribution < 1.29 is 29.4 Å². The number of nitrogens with one attached hydrogen (secondary N) is 4. The van der Waals surface area contributed by atoms with Crippen LogP contribution in [-0.2, 0) is 38.4 Å². The summed E-state index contributed by atoms with van der Waals surface area (Å²) in [6, 6.07) is 10.3. The summed E-state index contributed by atoms with van der Waals surface area (Å²) in [6.07, 6.45) is 2.93. The summed E-state index contributed by atoms with van der Waals surface area (Å²) in [4.78, 5) is 58.1. The van der Waals surface area contributed by atoms with Crippen LogP contribution in [-0.4, -0.2) is 73.8 Å². The van der Waals surface area contributed by atoms with E-state index in [1.54, 1.807) is 42.5 Å². The number of rotatable bonds is 14. The summed E-state index contributed by atoms with van der Waals surface area (Å²) in [5, 5.41) is 27.1. The van der Waals surface area contributed by atoms with Gasteiger partial charge in [0.15, 0.2) is 0 Å². The highest BCUT2D eigenvalue weighted by Gasteiger charge is 2.31. The topological polar surface area (TPSA) is 200 Å². The number of carboxylic acid groups (broad SMARTS) is 1. The first-order chi connectivity index (χ1) is 19.2. The molecule has 0 aliphatic heterocycles. The van der Waals surface area contributed by atoms with Crippen molar-refractivity contribution in [1.29, 1.82) is 0 Å². The SMILES string of the molecule is NC(CS)C(=O)NC(Cc1ccc(O)cc1)C(=O)NC(Cc1cnc[nH]1)C(=O)NC(Cc1ccccc1)C(=O)O. The second-order valence-corrected chi connectivity index (χ2v) is 9.52. The molecule has 4 atom stereocenters. The van der Waals surface area contributed by atoms with Crippen molar-refractivity contribution in [3.8, 4) is 5.75 Å². The molecule has 1 aromatic heterocycles. The Morgan fingerprint density at radius 3 is 1.95 bits per heavy atom. The summed E-state index contributed by atoms with van der Waals surface area (Å²) in [5.41, 5.74) is 7.64. The maximum absolute atomic E-state index is 13.5. The van der Waals surface area contributed by atoms with Crippen molar-refractivity contribution in [3.63, 3.8) is 0 Å². The number of phenolic OH excluding ortho intramolecular Hbond substituents is 1. The predicted octanol–water partition coefficient (Wildman–Crippen LogP) is -0.0607. The zero-order valence-corrected chi connectivity index (χ0v) is 22.4. The lowest BCUT2D eigenvalue weighted by Crippen LogP contribution is -2.58. The number of imidazole rings is 1. The first-order valence-corrected chi connectivity index (χ1v) is 13.1. The van der Waals surface area contributed by atoms with Crippen LogP contribution < -0.4 is 21.7 Å². The van der Waals surface area contributed by atoms with Gasteiger partial charge in [0, 0.05) is 36.9 Å². The molecule has 8 N–H and O–H groups in total. The smallest absolute Gasteiger partial charge is 0.326 e. The van der Waals surface area contributed by atoms with Crippen molar-refractivity contribution in [2.45, 2.75) is 43.4 Å². The number of phenols is 1. The number of nitrogens with two attached hydrogens (primary N) is 1. The van der Waals surface area contributed by atoms with Gasteiger partial charge in [0.25, 0.3) is 0 Å². The molecule has 2 aromatic carbocycles. The second-order valence-electron chi connectivity index (χ2n) is 9.15. The van der Waals surface area contributed by atoms with Crippen molar-refractivity contribution >= 4 is 36.3 Å². The van der Waals surface area contributed by atoms with Crippen LogP contribution in [0.1, 0.15) is 16.8 Å². The molecule has 3 aromatic rings. The molecule has 0 bridgehead atoms. The summed E-state index contributed by atoms with van der Waals surface area (Å²) >= 11 is 4.03. The maximum Gasteiger partial charge on any atom is 0.326 e. The van der Waals surface area contributed by atoms with Gasteiger partial charge < -0.3 is 36.9 Å². The fraction of sp³-hybridized carbons (Fsp3) is 0.296. The van der Waals surface area contributed by atoms with Gasteiger partial charge in [0.1, 0.15) is 23.9 Å². The van der Waals surface area contributed by atoms with Gasteiger partial charge in [0.2, 0.25) is 17.7 Å². The zero-order chi connectivity index (χ0) is 29.1. The molecule has 3 amide bonds. The average Bonchev–Trinajstić information content (AvgIpc) is 3.46. The van der Waals surface area contributed by atoms with Gasteiger partial charge in [-0.3, -0.25) is 14.4 Å². The van der Waals surface area contributed by atoms with Crippen molar-refractivity contribution in [2.24, 2.45) is 5.73 Å². The third kappa shape index (κ3) is 9.13. The molecule has 0 fully saturated rings. The summed E-state index contributed by atoms with van der Waals surface area (Å²) in [5.74, 6) is -3.19. The number of amides is 3. The number of hydrogen-bond donors (Lipinski definition) is 8. The van der Waals surface area contributed by atoms with Crippen LogP contribution in [0.5, 0.6) is 5.75 Å². The summed E-state index contributed by atoms with van der Waals surface area (Å²) in [6.45, 7) is 0. The normalized spacial score (nSPS) is 13.8. The minimum atomic E-state index is -1.25. The fourth-order valence-corrected chi connectivity index (χ4v) is 4.02. The van der Waals surface area contributed by atoms with Crippen LogP contribution in [0.2, 0.25) is 0 Å². The minimum Gasteiger partial charge on any atom is -0.508 e. The van der Waals surface area contributed by atoms with E-state index >= 15 is 0 Å². The Bertz CT molecular complexity index is 1270. The van der Waals surface area contributed by atoms with E-state index in [0.717, 1.165) is 0 Å². The molecule has 12 nitrogen and oxygen atoms in total. The van der Waals surface area contributed by atoms with Gasteiger partial charge in [-0.05, 0) is 23.3 Å². The minimum absolute atomic E-state index is 0.0225. The van der Waals surface area contributed by atoms with E-state index in [2.05, 4.69) is 38.5 Å². The monoisotopic (exact) mass is 568 g/mol. The number of aromatic amines is 1. The fourth-order valence-electron chi connectivity index (χ4n) is 3.86. The number of thiol groups is 1. The van der Waals surface area contributed by atoms with Crippen LogP contribution in [0.25, 0.3) is 0 Å². The lowest BCUT2D eigenvalue weighted by Gasteiger charge is -2.25. The number of carbonyl (C=O) groups excluding carboxylic acids is 3. The van der Waals surface area contributed by atoms with Crippen molar-refractivity contribution in [3.05, 3.63) is 83.9 Å². The lowest BCUT2D eigenvalue weighted by molar-refractivity contribution is -0.142. The molecule has 212 valence electrons. The van der Waals surface area contributed by atoms with Crippen LogP contribution in [0.4, 0.5) is 0 Å². The second kappa shape index (κ2) is 14.7. The Morgan fingerprint density at radius 1 is 0.825 bits per heavy atom. The molecule has 0 aliphatic carbocycles. The number of nitrogens with zero attached hydrogens (tertiary/aromatic N) is 1. The number of aromatic hydroxyl groups is 1. The number of carbonyl (C=O) groups is 4. The van der Waals surface area contributed by atoms with Gasteiger partial charge in [-0.1, -0.05) is 42.5 Å². The number of H-pyrrole nitrogens is 1. The highest BCUT2D eigenvalue weighted by atomic mass is 32.1. The quantitative estimate of drug-likeness (QED) is 0.124. The van der Waals surface area contributed by atoms with E-state index < -0.39 is 47.9 Å².